The number of aromatic nitrogens is 1. The maximum Gasteiger partial charge on any atom is 0.228 e. The Balaban J connectivity index is 1.29. The molecule has 0 aliphatic carbocycles. The molecule has 2 amide bonds. The summed E-state index contributed by atoms with van der Waals surface area (Å²) in [6.45, 7) is 4.64. The third kappa shape index (κ3) is 5.16. The summed E-state index contributed by atoms with van der Waals surface area (Å²) in [5.74, 6) is -0.621. The Kier molecular flexibility index (Phi) is 6.55. The topological polar surface area (TPSA) is 91.2 Å². The summed E-state index contributed by atoms with van der Waals surface area (Å²) in [6, 6.07) is 12.4. The predicted octanol–water partition coefficient (Wildman–Crippen LogP) is 3.54. The fourth-order valence-electron chi connectivity index (χ4n) is 4.43. The SMILES string of the molecule is Cc1[nH]c2ccc(F)cc2c1CC(=O)Nc1ccc(CCN2CCC(C(N)=O)CC2)cc1. The summed E-state index contributed by atoms with van der Waals surface area (Å²) < 4.78 is 13.6. The quantitative estimate of drug-likeness (QED) is 0.529. The van der Waals surface area contributed by atoms with E-state index in [1.54, 1.807) is 6.07 Å². The van der Waals surface area contributed by atoms with Crippen molar-refractivity contribution in [2.75, 3.05) is 25.0 Å². The third-order valence-corrected chi connectivity index (χ3v) is 6.36. The van der Waals surface area contributed by atoms with Gasteiger partial charge in [-0.2, -0.15) is 0 Å². The van der Waals surface area contributed by atoms with Gasteiger partial charge in [0.1, 0.15) is 5.82 Å². The average Bonchev–Trinajstić information content (AvgIpc) is 3.08. The number of aromatic amines is 1. The Morgan fingerprint density at radius 1 is 1.16 bits per heavy atom. The van der Waals surface area contributed by atoms with E-state index in [0.717, 1.165) is 66.7 Å². The number of amides is 2. The molecule has 32 heavy (non-hydrogen) atoms. The first-order chi connectivity index (χ1) is 15.4. The number of H-pyrrole nitrogens is 1. The van der Waals surface area contributed by atoms with E-state index in [9.17, 15) is 14.0 Å². The van der Waals surface area contributed by atoms with Gasteiger partial charge in [-0.15, -0.1) is 0 Å². The van der Waals surface area contributed by atoms with Gasteiger partial charge in [-0.3, -0.25) is 9.59 Å². The number of benzene rings is 2. The largest absolute Gasteiger partial charge is 0.369 e. The molecule has 0 radical (unpaired) electrons. The highest BCUT2D eigenvalue weighted by molar-refractivity contribution is 5.96. The first kappa shape index (κ1) is 22.0. The molecule has 0 unspecified atom stereocenters. The number of fused-ring (bicyclic) bond motifs is 1. The second-order valence-corrected chi connectivity index (χ2v) is 8.61. The van der Waals surface area contributed by atoms with Gasteiger partial charge in [0.05, 0.1) is 6.42 Å². The van der Waals surface area contributed by atoms with Gasteiger partial charge in [0.2, 0.25) is 11.8 Å². The molecule has 4 N–H and O–H groups in total. The monoisotopic (exact) mass is 436 g/mol. The Bertz CT molecular complexity index is 1110. The maximum atomic E-state index is 13.6. The Morgan fingerprint density at radius 3 is 2.56 bits per heavy atom. The average molecular weight is 437 g/mol. The van der Waals surface area contributed by atoms with Gasteiger partial charge in [0, 0.05) is 34.7 Å². The van der Waals surface area contributed by atoms with Crippen molar-refractivity contribution in [3.8, 4) is 0 Å². The van der Waals surface area contributed by atoms with Crippen LogP contribution in [-0.4, -0.2) is 41.3 Å². The molecular weight excluding hydrogens is 407 g/mol. The van der Waals surface area contributed by atoms with E-state index in [1.165, 1.54) is 17.7 Å². The van der Waals surface area contributed by atoms with Crippen LogP contribution in [0.4, 0.5) is 10.1 Å². The molecule has 6 nitrogen and oxygen atoms in total. The van der Waals surface area contributed by atoms with Gasteiger partial charge in [-0.05, 0) is 80.7 Å². The second-order valence-electron chi connectivity index (χ2n) is 8.61. The number of carbonyl (C=O) groups is 2. The number of carbonyl (C=O) groups excluding carboxylic acids is 2. The van der Waals surface area contributed by atoms with Crippen LogP contribution in [0.5, 0.6) is 0 Å². The van der Waals surface area contributed by atoms with Gasteiger partial charge < -0.3 is 20.9 Å². The zero-order valence-electron chi connectivity index (χ0n) is 18.3. The lowest BCUT2D eigenvalue weighted by molar-refractivity contribution is -0.123. The molecule has 1 saturated heterocycles. The molecular formula is C25H29FN4O2. The number of rotatable bonds is 7. The number of nitrogens with zero attached hydrogens (tertiary/aromatic N) is 1. The van der Waals surface area contributed by atoms with Crippen molar-refractivity contribution in [1.29, 1.82) is 0 Å². The predicted molar refractivity (Wildman–Crippen MR) is 124 cm³/mol. The normalized spacial score (nSPS) is 15.2. The Hall–Kier alpha value is -3.19. The zero-order chi connectivity index (χ0) is 22.7. The van der Waals surface area contributed by atoms with Crippen LogP contribution in [0.3, 0.4) is 0 Å². The van der Waals surface area contributed by atoms with E-state index >= 15 is 0 Å². The summed E-state index contributed by atoms with van der Waals surface area (Å²) in [6.07, 6.45) is 2.76. The van der Waals surface area contributed by atoms with Gasteiger partial charge in [-0.25, -0.2) is 4.39 Å². The van der Waals surface area contributed by atoms with Crippen molar-refractivity contribution in [3.05, 3.63) is 65.1 Å². The van der Waals surface area contributed by atoms with Crippen LogP contribution in [0, 0.1) is 18.7 Å². The molecule has 0 bridgehead atoms. The summed E-state index contributed by atoms with van der Waals surface area (Å²) in [5, 5.41) is 3.68. The van der Waals surface area contributed by atoms with Gasteiger partial charge in [0.25, 0.3) is 0 Å². The Labute approximate surface area is 187 Å². The highest BCUT2D eigenvalue weighted by atomic mass is 19.1. The first-order valence-corrected chi connectivity index (χ1v) is 11.1. The lowest BCUT2D eigenvalue weighted by Gasteiger charge is -2.30. The number of anilines is 1. The van der Waals surface area contributed by atoms with Crippen LogP contribution in [0.2, 0.25) is 0 Å². The van der Waals surface area contributed by atoms with Crippen molar-refractivity contribution in [3.63, 3.8) is 0 Å². The van der Waals surface area contributed by atoms with Gasteiger partial charge >= 0.3 is 0 Å². The number of nitrogens with two attached hydrogens (primary N) is 1. The van der Waals surface area contributed by atoms with Crippen LogP contribution in [0.25, 0.3) is 10.9 Å². The maximum absolute atomic E-state index is 13.6. The minimum Gasteiger partial charge on any atom is -0.369 e. The number of nitrogens with one attached hydrogen (secondary N) is 2. The molecule has 2 heterocycles. The van der Waals surface area contributed by atoms with E-state index in [0.29, 0.717) is 0 Å². The molecule has 1 aliphatic rings. The van der Waals surface area contributed by atoms with Crippen LogP contribution < -0.4 is 11.1 Å². The van der Waals surface area contributed by atoms with Gasteiger partial charge in [0.15, 0.2) is 0 Å². The van der Waals surface area contributed by atoms with E-state index in [4.69, 9.17) is 5.73 Å². The summed E-state index contributed by atoms with van der Waals surface area (Å²) >= 11 is 0. The smallest absolute Gasteiger partial charge is 0.228 e. The zero-order valence-corrected chi connectivity index (χ0v) is 18.3. The minimum atomic E-state index is -0.314. The summed E-state index contributed by atoms with van der Waals surface area (Å²) in [4.78, 5) is 29.4. The third-order valence-electron chi connectivity index (χ3n) is 6.36. The minimum absolute atomic E-state index is 0.0150. The van der Waals surface area contributed by atoms with E-state index < -0.39 is 0 Å². The van der Waals surface area contributed by atoms with E-state index in [-0.39, 0.29) is 30.0 Å². The number of hydrogen-bond donors (Lipinski definition) is 3. The number of piperidine rings is 1. The van der Waals surface area contributed by atoms with Gasteiger partial charge in [-0.1, -0.05) is 12.1 Å². The molecule has 0 atom stereocenters. The molecule has 2 aromatic carbocycles. The highest BCUT2D eigenvalue weighted by Gasteiger charge is 2.22. The first-order valence-electron chi connectivity index (χ1n) is 11.1. The lowest BCUT2D eigenvalue weighted by atomic mass is 9.96. The molecule has 1 aliphatic heterocycles. The van der Waals surface area contributed by atoms with Crippen LogP contribution >= 0.6 is 0 Å². The molecule has 7 heteroatoms. The Morgan fingerprint density at radius 2 is 1.88 bits per heavy atom. The van der Waals surface area contributed by atoms with Crippen molar-refractivity contribution in [2.24, 2.45) is 11.7 Å². The molecule has 0 saturated carbocycles. The van der Waals surface area contributed by atoms with Crippen molar-refractivity contribution >= 4 is 28.4 Å². The molecule has 168 valence electrons. The molecule has 1 aromatic heterocycles. The summed E-state index contributed by atoms with van der Waals surface area (Å²) in [7, 11) is 0. The molecule has 3 aromatic rings. The standard InChI is InChI=1S/C25H29FN4O2/c1-16-21(22-14-19(26)4-7-23(22)28-16)15-24(31)29-20-5-2-17(3-6-20)8-11-30-12-9-18(10-13-30)25(27)32/h2-7,14,18,28H,8-13,15H2,1H3,(H2,27,32)(H,29,31). The number of primary amides is 1. The van der Waals surface area contributed by atoms with Crippen molar-refractivity contribution in [2.45, 2.75) is 32.6 Å². The molecule has 0 spiro atoms. The number of hydrogen-bond acceptors (Lipinski definition) is 3. The van der Waals surface area contributed by atoms with Crippen molar-refractivity contribution < 1.29 is 14.0 Å². The molecule has 4 rings (SSSR count). The fraction of sp³-hybridized carbons (Fsp3) is 0.360. The highest BCUT2D eigenvalue weighted by Crippen LogP contribution is 2.24. The summed E-state index contributed by atoms with van der Waals surface area (Å²) in [5.41, 5.74) is 9.85. The fourth-order valence-corrected chi connectivity index (χ4v) is 4.43. The lowest BCUT2D eigenvalue weighted by Crippen LogP contribution is -2.39. The van der Waals surface area contributed by atoms with Crippen molar-refractivity contribution in [1.82, 2.24) is 9.88 Å². The second kappa shape index (κ2) is 9.53. The van der Waals surface area contributed by atoms with Crippen LogP contribution in [-0.2, 0) is 22.4 Å². The van der Waals surface area contributed by atoms with E-state index in [2.05, 4.69) is 15.2 Å². The van der Waals surface area contributed by atoms with Crippen LogP contribution in [0.15, 0.2) is 42.5 Å². The number of likely N-dealkylation sites (tertiary alicyclic amines) is 1. The number of aryl methyl sites for hydroxylation is 1. The van der Waals surface area contributed by atoms with E-state index in [1.807, 2.05) is 31.2 Å². The molecule has 1 fully saturated rings. The number of halogens is 1. The van der Waals surface area contributed by atoms with Crippen LogP contribution in [0.1, 0.15) is 29.7 Å².